The molecule has 0 saturated carbocycles. The second-order valence-electron chi connectivity index (χ2n) is 1.43. The summed E-state index contributed by atoms with van der Waals surface area (Å²) in [6.07, 6.45) is -0.862. The maximum Gasteiger partial charge on any atom is 0.419 e. The molecule has 0 aromatic rings. The summed E-state index contributed by atoms with van der Waals surface area (Å²) in [5, 5.41) is 1.82. The maximum atomic E-state index is 10.5. The molecule has 0 radical (unpaired) electrons. The lowest BCUT2D eigenvalue weighted by Gasteiger charge is -1.88. The molecule has 0 aromatic heterocycles. The summed E-state index contributed by atoms with van der Waals surface area (Å²) in [6.45, 7) is 0. The molecule has 1 rings (SSSR count). The largest absolute Gasteiger partial charge is 0.419 e. The number of alkyl carbamates (subject to hydrolysis) is 1. The lowest BCUT2D eigenvalue weighted by atomic mass is 10.5. The molecule has 1 aliphatic rings. The van der Waals surface area contributed by atoms with Crippen molar-refractivity contribution in [3.8, 4) is 0 Å². The van der Waals surface area contributed by atoms with Crippen LogP contribution in [0.1, 0.15) is 0 Å². The van der Waals surface area contributed by atoms with Crippen LogP contribution in [0, 0.1) is 0 Å². The Morgan fingerprint density at radius 1 is 1.40 bits per heavy atom. The highest BCUT2D eigenvalue weighted by molar-refractivity contribution is 6.57. The first-order chi connectivity index (χ1) is 4.61. The van der Waals surface area contributed by atoms with Gasteiger partial charge in [0.1, 0.15) is 0 Å². The first kappa shape index (κ1) is 7.37. The molecule has 2 amide bonds. The molecular formula is C4HCl2NO3. The number of ether oxygens (including phenoxy) is 1. The van der Waals surface area contributed by atoms with Crippen molar-refractivity contribution in [1.29, 1.82) is 0 Å². The fourth-order valence-electron chi connectivity index (χ4n) is 0.438. The van der Waals surface area contributed by atoms with E-state index in [1.807, 2.05) is 5.32 Å². The third-order valence-electron chi connectivity index (χ3n) is 0.788. The van der Waals surface area contributed by atoms with E-state index in [4.69, 9.17) is 23.2 Å². The summed E-state index contributed by atoms with van der Waals surface area (Å²) >= 11 is 10.3. The van der Waals surface area contributed by atoms with Crippen LogP contribution >= 0.6 is 23.2 Å². The second kappa shape index (κ2) is 2.48. The second-order valence-corrected chi connectivity index (χ2v) is 2.38. The number of amides is 2. The lowest BCUT2D eigenvalue weighted by molar-refractivity contribution is -0.116. The number of carbonyl (C=O) groups excluding carboxylic acids is 2. The predicted molar refractivity (Wildman–Crippen MR) is 33.4 cm³/mol. The van der Waals surface area contributed by atoms with Crippen LogP contribution in [0.4, 0.5) is 4.79 Å². The molecule has 4 nitrogen and oxygen atoms in total. The third kappa shape index (κ3) is 1.22. The lowest BCUT2D eigenvalue weighted by Crippen LogP contribution is -2.18. The van der Waals surface area contributed by atoms with Crippen LogP contribution in [0.5, 0.6) is 0 Å². The van der Waals surface area contributed by atoms with Crippen molar-refractivity contribution in [3.05, 3.63) is 10.3 Å². The highest BCUT2D eigenvalue weighted by atomic mass is 35.5. The van der Waals surface area contributed by atoms with Crippen LogP contribution in [0.15, 0.2) is 10.3 Å². The zero-order valence-corrected chi connectivity index (χ0v) is 5.99. The van der Waals surface area contributed by atoms with Crippen molar-refractivity contribution in [2.45, 2.75) is 0 Å². The van der Waals surface area contributed by atoms with Gasteiger partial charge in [0.05, 0.1) is 0 Å². The monoisotopic (exact) mass is 181 g/mol. The van der Waals surface area contributed by atoms with Crippen molar-refractivity contribution in [1.82, 2.24) is 5.32 Å². The van der Waals surface area contributed by atoms with E-state index in [1.54, 1.807) is 0 Å². The summed E-state index contributed by atoms with van der Waals surface area (Å²) in [5.74, 6) is -1.07. The van der Waals surface area contributed by atoms with Gasteiger partial charge in [-0.3, -0.25) is 10.1 Å². The molecule has 0 bridgehead atoms. The Hall–Kier alpha value is -0.740. The summed E-state index contributed by atoms with van der Waals surface area (Å²) in [6, 6.07) is 0. The number of carbonyl (C=O) groups is 2. The summed E-state index contributed by atoms with van der Waals surface area (Å²) in [4.78, 5) is 20.8. The van der Waals surface area contributed by atoms with Crippen LogP contribution < -0.4 is 5.32 Å². The van der Waals surface area contributed by atoms with Crippen LogP contribution in [-0.2, 0) is 9.53 Å². The number of hydrogen-bond donors (Lipinski definition) is 1. The van der Waals surface area contributed by atoms with Gasteiger partial charge in [0, 0.05) is 0 Å². The van der Waals surface area contributed by atoms with Crippen molar-refractivity contribution >= 4 is 35.2 Å². The van der Waals surface area contributed by atoms with Gasteiger partial charge < -0.3 is 4.74 Å². The molecule has 1 fully saturated rings. The molecule has 1 heterocycles. The Bertz CT molecular complexity index is 231. The Balaban J connectivity index is 2.93. The highest BCUT2D eigenvalue weighted by Crippen LogP contribution is 2.18. The highest BCUT2D eigenvalue weighted by Gasteiger charge is 2.28. The topological polar surface area (TPSA) is 55.4 Å². The number of cyclic esters (lactones) is 1. The van der Waals surface area contributed by atoms with E-state index < -0.39 is 12.0 Å². The Morgan fingerprint density at radius 3 is 2.20 bits per heavy atom. The van der Waals surface area contributed by atoms with Crippen LogP contribution in [-0.4, -0.2) is 12.0 Å². The van der Waals surface area contributed by atoms with Gasteiger partial charge in [0.25, 0.3) is 5.91 Å². The van der Waals surface area contributed by atoms with Gasteiger partial charge in [-0.05, 0) is 0 Å². The van der Waals surface area contributed by atoms with Gasteiger partial charge >= 0.3 is 6.09 Å². The predicted octanol–water partition coefficient (Wildman–Crippen LogP) is 0.899. The van der Waals surface area contributed by atoms with Crippen molar-refractivity contribution in [2.24, 2.45) is 0 Å². The van der Waals surface area contributed by atoms with Crippen molar-refractivity contribution in [3.63, 3.8) is 0 Å². The minimum Gasteiger partial charge on any atom is -0.401 e. The standard InChI is InChI=1S/C4HCl2NO3/c5-2(6)1-3(8)7-4(9)10-1/h(H,7,8,9). The molecule has 0 aliphatic carbocycles. The molecule has 0 unspecified atom stereocenters. The first-order valence-corrected chi connectivity index (χ1v) is 2.95. The van der Waals surface area contributed by atoms with Gasteiger partial charge in [-0.15, -0.1) is 0 Å². The Morgan fingerprint density at radius 2 is 2.00 bits per heavy atom. The third-order valence-corrected chi connectivity index (χ3v) is 1.13. The molecule has 10 heavy (non-hydrogen) atoms. The smallest absolute Gasteiger partial charge is 0.401 e. The molecular weight excluding hydrogens is 181 g/mol. The average Bonchev–Trinajstić information content (AvgIpc) is 2.10. The van der Waals surface area contributed by atoms with Gasteiger partial charge in [0.2, 0.25) is 5.76 Å². The normalized spacial score (nSPS) is 16.8. The SMILES string of the molecule is O=C1NC(=O)C(=C(Cl)Cl)O1. The average molecular weight is 182 g/mol. The molecule has 1 saturated heterocycles. The van der Waals surface area contributed by atoms with Gasteiger partial charge in [-0.25, -0.2) is 4.79 Å². The number of hydrogen-bond acceptors (Lipinski definition) is 3. The zero-order chi connectivity index (χ0) is 7.72. The minimum atomic E-state index is -0.862. The van der Waals surface area contributed by atoms with E-state index in [0.29, 0.717) is 0 Å². The van der Waals surface area contributed by atoms with Crippen LogP contribution in [0.25, 0.3) is 0 Å². The van der Waals surface area contributed by atoms with E-state index in [0.717, 1.165) is 0 Å². The molecule has 1 N–H and O–H groups in total. The molecule has 54 valence electrons. The fraction of sp³-hybridized carbons (Fsp3) is 0. The van der Waals surface area contributed by atoms with E-state index in [1.165, 1.54) is 0 Å². The summed E-state index contributed by atoms with van der Waals surface area (Å²) < 4.78 is 3.89. The maximum absolute atomic E-state index is 10.5. The van der Waals surface area contributed by atoms with E-state index in [9.17, 15) is 9.59 Å². The molecule has 0 aromatic carbocycles. The summed E-state index contributed by atoms with van der Waals surface area (Å²) in [5.41, 5.74) is 0. The van der Waals surface area contributed by atoms with Gasteiger partial charge in [-0.2, -0.15) is 0 Å². The summed E-state index contributed by atoms with van der Waals surface area (Å²) in [7, 11) is 0. The first-order valence-electron chi connectivity index (χ1n) is 2.19. The molecule has 0 atom stereocenters. The molecule has 6 heteroatoms. The van der Waals surface area contributed by atoms with Gasteiger partial charge in [-0.1, -0.05) is 23.2 Å². The molecule has 1 aliphatic heterocycles. The van der Waals surface area contributed by atoms with Crippen molar-refractivity contribution < 1.29 is 14.3 Å². The Kier molecular flexibility index (Phi) is 1.82. The van der Waals surface area contributed by atoms with Gasteiger partial charge in [0.15, 0.2) is 4.49 Å². The van der Waals surface area contributed by atoms with Crippen LogP contribution in [0.2, 0.25) is 0 Å². The number of imide groups is 1. The minimum absolute atomic E-state index is 0.353. The Labute approximate surface area is 65.7 Å². The van der Waals surface area contributed by atoms with Crippen molar-refractivity contribution in [2.75, 3.05) is 0 Å². The molecule has 0 spiro atoms. The van der Waals surface area contributed by atoms with E-state index in [2.05, 4.69) is 4.74 Å². The van der Waals surface area contributed by atoms with E-state index >= 15 is 0 Å². The van der Waals surface area contributed by atoms with Crippen LogP contribution in [0.3, 0.4) is 0 Å². The zero-order valence-electron chi connectivity index (χ0n) is 4.48. The number of rotatable bonds is 0. The van der Waals surface area contributed by atoms with E-state index in [-0.39, 0.29) is 10.3 Å². The number of nitrogens with one attached hydrogen (secondary N) is 1. The number of halogens is 2. The fourth-order valence-corrected chi connectivity index (χ4v) is 0.687. The quantitative estimate of drug-likeness (QED) is 0.566.